The number of nitrogens with one attached hydrogen (secondary N) is 1. The van der Waals surface area contributed by atoms with E-state index in [-0.39, 0.29) is 24.6 Å². The Morgan fingerprint density at radius 1 is 1.35 bits per heavy atom. The van der Waals surface area contributed by atoms with Gasteiger partial charge in [0.2, 0.25) is 5.91 Å². The molecule has 1 aromatic heterocycles. The molecule has 1 fully saturated rings. The Hall–Kier alpha value is -2.18. The number of aliphatic hydroxyl groups excluding tert-OH is 1. The Balaban J connectivity index is 1.52. The van der Waals surface area contributed by atoms with Crippen molar-refractivity contribution in [1.29, 1.82) is 0 Å². The molecule has 6 heteroatoms. The number of β-amino-alcohol motifs (C(OH)–C–C–N with tert-alkyl or cyclic N) is 1. The molecule has 1 aromatic carbocycles. The molecular formula is C17H22N4O2. The highest BCUT2D eigenvalue weighted by atomic mass is 16.3. The van der Waals surface area contributed by atoms with E-state index >= 15 is 0 Å². The molecule has 1 aliphatic rings. The van der Waals surface area contributed by atoms with Gasteiger partial charge < -0.3 is 15.0 Å². The van der Waals surface area contributed by atoms with E-state index in [1.807, 2.05) is 18.2 Å². The van der Waals surface area contributed by atoms with E-state index in [1.54, 1.807) is 23.3 Å². The van der Waals surface area contributed by atoms with Crippen molar-refractivity contribution in [3.05, 3.63) is 54.6 Å². The molecular weight excluding hydrogens is 292 g/mol. The molecule has 1 saturated heterocycles. The first-order valence-corrected chi connectivity index (χ1v) is 7.89. The smallest absolute Gasteiger partial charge is 0.240 e. The number of aliphatic hydroxyl groups is 1. The number of nitrogens with zero attached hydrogens (tertiary/aromatic N) is 3. The molecule has 2 aromatic rings. The second-order valence-electron chi connectivity index (χ2n) is 6.00. The van der Waals surface area contributed by atoms with Crippen molar-refractivity contribution in [3.63, 3.8) is 0 Å². The van der Waals surface area contributed by atoms with Crippen molar-refractivity contribution >= 4 is 5.91 Å². The lowest BCUT2D eigenvalue weighted by atomic mass is 10.1. The summed E-state index contributed by atoms with van der Waals surface area (Å²) in [6.45, 7) is 2.27. The first kappa shape index (κ1) is 15.7. The molecule has 0 radical (unpaired) electrons. The molecule has 3 rings (SSSR count). The summed E-state index contributed by atoms with van der Waals surface area (Å²) in [6, 6.07) is 10.4. The number of rotatable bonds is 6. The van der Waals surface area contributed by atoms with E-state index in [1.165, 1.54) is 5.56 Å². The molecule has 0 spiro atoms. The van der Waals surface area contributed by atoms with Crippen molar-refractivity contribution in [2.24, 2.45) is 0 Å². The molecule has 0 bridgehead atoms. The van der Waals surface area contributed by atoms with E-state index in [2.05, 4.69) is 27.3 Å². The summed E-state index contributed by atoms with van der Waals surface area (Å²) >= 11 is 0. The quantitative estimate of drug-likeness (QED) is 0.821. The maximum absolute atomic E-state index is 12.0. The Kier molecular flexibility index (Phi) is 5.05. The Morgan fingerprint density at radius 2 is 2.17 bits per heavy atom. The molecule has 6 nitrogen and oxygen atoms in total. The first-order chi connectivity index (χ1) is 11.2. The zero-order valence-corrected chi connectivity index (χ0v) is 13.0. The Morgan fingerprint density at radius 3 is 2.91 bits per heavy atom. The largest absolute Gasteiger partial charge is 0.392 e. The number of aromatic nitrogens is 2. The third-order valence-corrected chi connectivity index (χ3v) is 4.15. The lowest BCUT2D eigenvalue weighted by molar-refractivity contribution is -0.121. The number of benzene rings is 1. The minimum atomic E-state index is -0.325. The van der Waals surface area contributed by atoms with E-state index in [0.29, 0.717) is 19.5 Å². The summed E-state index contributed by atoms with van der Waals surface area (Å²) in [5.74, 6) is -0.0379. The number of carbonyl (C=O) groups is 1. The number of likely N-dealkylation sites (tertiary alicyclic amines) is 1. The fraction of sp³-hybridized carbons (Fsp3) is 0.412. The van der Waals surface area contributed by atoms with Crippen LogP contribution >= 0.6 is 0 Å². The molecule has 2 unspecified atom stereocenters. The van der Waals surface area contributed by atoms with Crippen molar-refractivity contribution in [2.75, 3.05) is 13.1 Å². The topological polar surface area (TPSA) is 70.4 Å². The van der Waals surface area contributed by atoms with Gasteiger partial charge in [0.05, 0.1) is 12.4 Å². The van der Waals surface area contributed by atoms with Crippen LogP contribution in [0.5, 0.6) is 0 Å². The van der Waals surface area contributed by atoms with Gasteiger partial charge in [0.15, 0.2) is 0 Å². The van der Waals surface area contributed by atoms with Gasteiger partial charge >= 0.3 is 0 Å². The van der Waals surface area contributed by atoms with Gasteiger partial charge in [-0.25, -0.2) is 4.98 Å². The fourth-order valence-corrected chi connectivity index (χ4v) is 3.02. The third kappa shape index (κ3) is 4.40. The van der Waals surface area contributed by atoms with Crippen LogP contribution in [0.2, 0.25) is 0 Å². The average Bonchev–Trinajstić information content (AvgIpc) is 3.16. The summed E-state index contributed by atoms with van der Waals surface area (Å²) in [5, 5.41) is 12.9. The van der Waals surface area contributed by atoms with Crippen LogP contribution in [-0.2, 0) is 17.9 Å². The number of amides is 1. The number of carbonyl (C=O) groups excluding carboxylic acids is 1. The van der Waals surface area contributed by atoms with Gasteiger partial charge in [0.1, 0.15) is 6.54 Å². The van der Waals surface area contributed by atoms with Crippen molar-refractivity contribution in [1.82, 2.24) is 19.8 Å². The SMILES string of the molecule is O=C(Cn1ccnc1)NCC1CC(O)CN1Cc1ccccc1. The van der Waals surface area contributed by atoms with Crippen LogP contribution < -0.4 is 5.32 Å². The molecule has 0 saturated carbocycles. The van der Waals surface area contributed by atoms with Crippen LogP contribution in [0.3, 0.4) is 0 Å². The highest BCUT2D eigenvalue weighted by Crippen LogP contribution is 2.20. The number of imidazole rings is 1. The van der Waals surface area contributed by atoms with Crippen LogP contribution in [0.25, 0.3) is 0 Å². The fourth-order valence-electron chi connectivity index (χ4n) is 3.02. The Bertz CT molecular complexity index is 615. The van der Waals surface area contributed by atoms with Crippen molar-refractivity contribution in [3.8, 4) is 0 Å². The lowest BCUT2D eigenvalue weighted by Crippen LogP contribution is -2.40. The first-order valence-electron chi connectivity index (χ1n) is 7.89. The van der Waals surface area contributed by atoms with Gasteiger partial charge in [-0.05, 0) is 12.0 Å². The second-order valence-corrected chi connectivity index (χ2v) is 6.00. The summed E-state index contributed by atoms with van der Waals surface area (Å²) in [5.41, 5.74) is 1.22. The van der Waals surface area contributed by atoms with Crippen LogP contribution in [0, 0.1) is 0 Å². The third-order valence-electron chi connectivity index (χ3n) is 4.15. The van der Waals surface area contributed by atoms with Crippen LogP contribution in [0.4, 0.5) is 0 Å². The van der Waals surface area contributed by atoms with Gasteiger partial charge in [-0.3, -0.25) is 9.69 Å². The van der Waals surface area contributed by atoms with E-state index < -0.39 is 0 Å². The van der Waals surface area contributed by atoms with Crippen molar-refractivity contribution in [2.45, 2.75) is 31.7 Å². The molecule has 0 aliphatic carbocycles. The predicted octanol–water partition coefficient (Wildman–Crippen LogP) is 0.635. The van der Waals surface area contributed by atoms with Crippen molar-refractivity contribution < 1.29 is 9.90 Å². The summed E-state index contributed by atoms with van der Waals surface area (Å²) < 4.78 is 1.74. The molecule has 1 amide bonds. The zero-order valence-electron chi connectivity index (χ0n) is 13.0. The summed E-state index contributed by atoms with van der Waals surface area (Å²) in [4.78, 5) is 18.1. The monoisotopic (exact) mass is 314 g/mol. The van der Waals surface area contributed by atoms with E-state index in [4.69, 9.17) is 0 Å². The van der Waals surface area contributed by atoms with E-state index in [0.717, 1.165) is 6.54 Å². The van der Waals surface area contributed by atoms with Crippen LogP contribution in [-0.4, -0.2) is 50.7 Å². The van der Waals surface area contributed by atoms with Gasteiger partial charge in [0, 0.05) is 38.1 Å². The average molecular weight is 314 g/mol. The molecule has 2 heterocycles. The summed E-state index contributed by atoms with van der Waals surface area (Å²) in [7, 11) is 0. The maximum Gasteiger partial charge on any atom is 0.240 e. The Labute approximate surface area is 135 Å². The van der Waals surface area contributed by atoms with Gasteiger partial charge in [-0.15, -0.1) is 0 Å². The second kappa shape index (κ2) is 7.39. The molecule has 122 valence electrons. The molecule has 2 atom stereocenters. The van der Waals surface area contributed by atoms with Gasteiger partial charge in [0.25, 0.3) is 0 Å². The highest BCUT2D eigenvalue weighted by molar-refractivity contribution is 5.75. The molecule has 1 aliphatic heterocycles. The van der Waals surface area contributed by atoms with E-state index in [9.17, 15) is 9.90 Å². The molecule has 23 heavy (non-hydrogen) atoms. The zero-order chi connectivity index (χ0) is 16.1. The minimum absolute atomic E-state index is 0.0379. The van der Waals surface area contributed by atoms with Crippen LogP contribution in [0.15, 0.2) is 49.1 Å². The standard InChI is InChI=1S/C17H22N4O2/c22-16-8-15(9-19-17(23)12-20-7-6-18-13-20)21(11-16)10-14-4-2-1-3-5-14/h1-7,13,15-16,22H,8-12H2,(H,19,23). The highest BCUT2D eigenvalue weighted by Gasteiger charge is 2.30. The summed E-state index contributed by atoms with van der Waals surface area (Å²) in [6.07, 6.45) is 5.41. The lowest BCUT2D eigenvalue weighted by Gasteiger charge is -2.24. The predicted molar refractivity (Wildman–Crippen MR) is 86.5 cm³/mol. The number of hydrogen-bond acceptors (Lipinski definition) is 4. The van der Waals surface area contributed by atoms with Crippen LogP contribution in [0.1, 0.15) is 12.0 Å². The normalized spacial score (nSPS) is 21.4. The number of hydrogen-bond donors (Lipinski definition) is 2. The maximum atomic E-state index is 12.0. The molecule has 2 N–H and O–H groups in total. The van der Waals surface area contributed by atoms with Gasteiger partial charge in [-0.1, -0.05) is 30.3 Å². The minimum Gasteiger partial charge on any atom is -0.392 e. The van der Waals surface area contributed by atoms with Gasteiger partial charge in [-0.2, -0.15) is 0 Å².